The highest BCUT2D eigenvalue weighted by Gasteiger charge is 2.15. The van der Waals surface area contributed by atoms with Crippen LogP contribution in [0.1, 0.15) is 28.8 Å². The maximum atomic E-state index is 12.1. The average molecular weight is 365 g/mol. The zero-order valence-electron chi connectivity index (χ0n) is 13.9. The molecule has 8 heteroatoms. The van der Waals surface area contributed by atoms with Gasteiger partial charge in [0.15, 0.2) is 15.6 Å². The Kier molecular flexibility index (Phi) is 5.63. The molecule has 2 N–H and O–H groups in total. The van der Waals surface area contributed by atoms with Gasteiger partial charge in [0, 0.05) is 11.9 Å². The molecule has 7 nitrogen and oxygen atoms in total. The summed E-state index contributed by atoms with van der Waals surface area (Å²) in [6.45, 7) is 1.63. The van der Waals surface area contributed by atoms with E-state index >= 15 is 0 Å². The van der Waals surface area contributed by atoms with Crippen LogP contribution in [0.25, 0.3) is 0 Å². The number of furan rings is 1. The molecule has 1 aromatic heterocycles. The predicted molar refractivity (Wildman–Crippen MR) is 92.2 cm³/mol. The van der Waals surface area contributed by atoms with Gasteiger partial charge in [-0.3, -0.25) is 9.59 Å². The molecule has 0 spiro atoms. The van der Waals surface area contributed by atoms with E-state index in [0.717, 1.165) is 11.8 Å². The normalized spacial score (nSPS) is 12.6. The summed E-state index contributed by atoms with van der Waals surface area (Å²) in [7, 11) is -3.24. The smallest absolute Gasteiger partial charge is 0.306 e. The maximum Gasteiger partial charge on any atom is 0.306 e. The number of rotatable bonds is 7. The molecule has 0 aliphatic heterocycles. The molecule has 1 heterocycles. The van der Waals surface area contributed by atoms with Crippen LogP contribution < -0.4 is 5.32 Å². The largest absolute Gasteiger partial charge is 0.481 e. The van der Waals surface area contributed by atoms with Crippen molar-refractivity contribution >= 4 is 27.4 Å². The summed E-state index contributed by atoms with van der Waals surface area (Å²) in [6.07, 6.45) is 1.48. The molecule has 0 fully saturated rings. The van der Waals surface area contributed by atoms with Crippen LogP contribution in [0.4, 0.5) is 5.69 Å². The lowest BCUT2D eigenvalue weighted by atomic mass is 10.0. The van der Waals surface area contributed by atoms with Crippen LogP contribution in [-0.2, 0) is 26.8 Å². The quantitative estimate of drug-likeness (QED) is 0.778. The van der Waals surface area contributed by atoms with Gasteiger partial charge in [0.2, 0.25) is 0 Å². The molecule has 0 radical (unpaired) electrons. The second-order valence-electron chi connectivity index (χ2n) is 5.93. The molecular formula is C17H19NO6S. The van der Waals surface area contributed by atoms with Crippen molar-refractivity contribution in [2.24, 2.45) is 5.92 Å². The van der Waals surface area contributed by atoms with Crippen LogP contribution in [0.15, 0.2) is 40.8 Å². The number of nitrogens with one attached hydrogen (secondary N) is 1. The number of anilines is 1. The van der Waals surface area contributed by atoms with Crippen LogP contribution in [0.3, 0.4) is 0 Å². The Morgan fingerprint density at radius 2 is 1.80 bits per heavy atom. The van der Waals surface area contributed by atoms with Crippen molar-refractivity contribution in [1.29, 1.82) is 0 Å². The second kappa shape index (κ2) is 7.52. The van der Waals surface area contributed by atoms with E-state index in [4.69, 9.17) is 9.52 Å². The standard InChI is InChI=1S/C17H19NO6S/c1-11(17(20)21)9-12-3-5-13(6-4-12)18-16(19)15-8-7-14(24-15)10-25(2,22)23/h3-8,11H,9-10H2,1-2H3,(H,18,19)(H,20,21). The number of amides is 1. The van der Waals surface area contributed by atoms with E-state index in [2.05, 4.69) is 5.32 Å². The summed E-state index contributed by atoms with van der Waals surface area (Å²) >= 11 is 0. The minimum Gasteiger partial charge on any atom is -0.481 e. The molecule has 0 saturated heterocycles. The lowest BCUT2D eigenvalue weighted by molar-refractivity contribution is -0.141. The topological polar surface area (TPSA) is 114 Å². The average Bonchev–Trinajstić information content (AvgIpc) is 2.95. The van der Waals surface area contributed by atoms with E-state index < -0.39 is 27.6 Å². The zero-order valence-corrected chi connectivity index (χ0v) is 14.7. The van der Waals surface area contributed by atoms with E-state index in [0.29, 0.717) is 12.1 Å². The minimum absolute atomic E-state index is 0.0159. The van der Waals surface area contributed by atoms with Crippen LogP contribution in [-0.4, -0.2) is 31.7 Å². The fraction of sp³-hybridized carbons (Fsp3) is 0.294. The van der Waals surface area contributed by atoms with Gasteiger partial charge in [0.25, 0.3) is 5.91 Å². The van der Waals surface area contributed by atoms with Gasteiger partial charge in [-0.1, -0.05) is 19.1 Å². The Hall–Kier alpha value is -2.61. The second-order valence-corrected chi connectivity index (χ2v) is 8.07. The highest BCUT2D eigenvalue weighted by molar-refractivity contribution is 7.89. The van der Waals surface area contributed by atoms with Gasteiger partial charge in [-0.15, -0.1) is 0 Å². The summed E-state index contributed by atoms with van der Waals surface area (Å²) < 4.78 is 27.7. The molecule has 134 valence electrons. The number of sulfone groups is 1. The van der Waals surface area contributed by atoms with Gasteiger partial charge in [-0.05, 0) is 36.2 Å². The number of carboxylic acids is 1. The van der Waals surface area contributed by atoms with Gasteiger partial charge in [0.05, 0.1) is 5.92 Å². The van der Waals surface area contributed by atoms with Gasteiger partial charge in [-0.25, -0.2) is 8.42 Å². The summed E-state index contributed by atoms with van der Waals surface area (Å²) in [4.78, 5) is 23.0. The summed E-state index contributed by atoms with van der Waals surface area (Å²) in [5, 5.41) is 11.5. The minimum atomic E-state index is -3.24. The number of benzene rings is 1. The van der Waals surface area contributed by atoms with Crippen LogP contribution in [0.5, 0.6) is 0 Å². The number of hydrogen-bond donors (Lipinski definition) is 2. The first-order chi connectivity index (χ1) is 11.6. The fourth-order valence-electron chi connectivity index (χ4n) is 2.19. The number of carbonyl (C=O) groups excluding carboxylic acids is 1. The first kappa shape index (κ1) is 18.7. The van der Waals surface area contributed by atoms with Crippen molar-refractivity contribution in [3.63, 3.8) is 0 Å². The highest BCUT2D eigenvalue weighted by atomic mass is 32.2. The molecule has 0 aliphatic rings. The summed E-state index contributed by atoms with van der Waals surface area (Å²) in [5.41, 5.74) is 1.37. The Morgan fingerprint density at radius 1 is 1.16 bits per heavy atom. The van der Waals surface area contributed by atoms with Crippen molar-refractivity contribution in [3.05, 3.63) is 53.5 Å². The maximum absolute atomic E-state index is 12.1. The molecular weight excluding hydrogens is 346 g/mol. The van der Waals surface area contributed by atoms with Crippen molar-refractivity contribution in [2.75, 3.05) is 11.6 Å². The SMILES string of the molecule is CC(Cc1ccc(NC(=O)c2ccc(CS(C)(=O)=O)o2)cc1)C(=O)O. The lowest BCUT2D eigenvalue weighted by Gasteiger charge is -2.08. The van der Waals surface area contributed by atoms with E-state index in [1.165, 1.54) is 12.1 Å². The number of carbonyl (C=O) groups is 2. The van der Waals surface area contributed by atoms with E-state index in [9.17, 15) is 18.0 Å². The molecule has 25 heavy (non-hydrogen) atoms. The Bertz CT molecular complexity index is 867. The molecule has 1 aromatic carbocycles. The van der Waals surface area contributed by atoms with E-state index in [1.807, 2.05) is 0 Å². The first-order valence-corrected chi connectivity index (χ1v) is 9.59. The Labute approximate surface area is 145 Å². The third-order valence-corrected chi connectivity index (χ3v) is 4.27. The Balaban J connectivity index is 2.00. The summed E-state index contributed by atoms with van der Waals surface area (Å²) in [5.74, 6) is -1.90. The molecule has 1 atom stereocenters. The van der Waals surface area contributed by atoms with Crippen molar-refractivity contribution in [1.82, 2.24) is 0 Å². The lowest BCUT2D eigenvalue weighted by Crippen LogP contribution is -2.13. The van der Waals surface area contributed by atoms with Gasteiger partial charge in [0.1, 0.15) is 11.5 Å². The van der Waals surface area contributed by atoms with Crippen molar-refractivity contribution < 1.29 is 27.5 Å². The molecule has 2 aromatic rings. The number of carboxylic acid groups (broad SMARTS) is 1. The molecule has 1 unspecified atom stereocenters. The molecule has 1 amide bonds. The fourth-order valence-corrected chi connectivity index (χ4v) is 2.87. The first-order valence-electron chi connectivity index (χ1n) is 7.53. The predicted octanol–water partition coefficient (Wildman–Crippen LogP) is 2.34. The van der Waals surface area contributed by atoms with Crippen molar-refractivity contribution in [3.8, 4) is 0 Å². The van der Waals surface area contributed by atoms with Crippen LogP contribution in [0.2, 0.25) is 0 Å². The van der Waals surface area contributed by atoms with Crippen LogP contribution in [0, 0.1) is 5.92 Å². The monoisotopic (exact) mass is 365 g/mol. The van der Waals surface area contributed by atoms with Gasteiger partial charge >= 0.3 is 5.97 Å². The van der Waals surface area contributed by atoms with Crippen molar-refractivity contribution in [2.45, 2.75) is 19.1 Å². The molecule has 0 saturated carbocycles. The van der Waals surface area contributed by atoms with E-state index in [1.54, 1.807) is 31.2 Å². The zero-order chi connectivity index (χ0) is 18.6. The van der Waals surface area contributed by atoms with E-state index in [-0.39, 0.29) is 17.3 Å². The Morgan fingerprint density at radius 3 is 2.36 bits per heavy atom. The number of hydrogen-bond acceptors (Lipinski definition) is 5. The highest BCUT2D eigenvalue weighted by Crippen LogP contribution is 2.16. The third kappa shape index (κ3) is 5.75. The third-order valence-electron chi connectivity index (χ3n) is 3.47. The number of aliphatic carboxylic acids is 1. The molecule has 2 rings (SSSR count). The van der Waals surface area contributed by atoms with Gasteiger partial charge < -0.3 is 14.8 Å². The molecule has 0 bridgehead atoms. The molecule has 0 aliphatic carbocycles. The van der Waals surface area contributed by atoms with Crippen LogP contribution >= 0.6 is 0 Å². The summed E-state index contributed by atoms with van der Waals surface area (Å²) in [6, 6.07) is 9.69. The van der Waals surface area contributed by atoms with Gasteiger partial charge in [-0.2, -0.15) is 0 Å².